The number of H-pyrrole nitrogens is 1. The number of sulfonamides is 1. The zero-order chi connectivity index (χ0) is 18.3. The zero-order valence-electron chi connectivity index (χ0n) is 15.2. The molecular weight excluding hydrogens is 344 g/mol. The number of aromatic nitrogens is 1. The standard InChI is InChI=1S/C21H24N2O2S/c1-3-15(2)16-8-10-17(11-9-16)26(24,25)23-13-12-21-19(14-23)18-6-4-5-7-20(18)22-21/h4-11,15,22H,3,12-14H2,1-2H3. The predicted octanol–water partition coefficient (Wildman–Crippen LogP) is 4.43. The summed E-state index contributed by atoms with van der Waals surface area (Å²) in [5, 5.41) is 1.12. The molecule has 0 bridgehead atoms. The smallest absolute Gasteiger partial charge is 0.243 e. The van der Waals surface area contributed by atoms with Crippen LogP contribution < -0.4 is 0 Å². The monoisotopic (exact) mass is 368 g/mol. The van der Waals surface area contributed by atoms with Crippen molar-refractivity contribution in [2.75, 3.05) is 6.54 Å². The number of para-hydroxylation sites is 1. The number of rotatable bonds is 4. The molecule has 2 aromatic carbocycles. The molecule has 0 fully saturated rings. The Balaban J connectivity index is 1.65. The Bertz CT molecular complexity index is 1040. The topological polar surface area (TPSA) is 53.2 Å². The van der Waals surface area contributed by atoms with Gasteiger partial charge < -0.3 is 4.98 Å². The van der Waals surface area contributed by atoms with Crippen molar-refractivity contribution in [2.24, 2.45) is 0 Å². The van der Waals surface area contributed by atoms with E-state index < -0.39 is 10.0 Å². The van der Waals surface area contributed by atoms with E-state index in [2.05, 4.69) is 24.9 Å². The maximum absolute atomic E-state index is 13.1. The molecule has 0 spiro atoms. The van der Waals surface area contributed by atoms with Gasteiger partial charge in [-0.3, -0.25) is 0 Å². The van der Waals surface area contributed by atoms with Crippen LogP contribution in [-0.4, -0.2) is 24.3 Å². The molecule has 4 rings (SSSR count). The van der Waals surface area contributed by atoms with Crippen LogP contribution >= 0.6 is 0 Å². The van der Waals surface area contributed by atoms with E-state index >= 15 is 0 Å². The van der Waals surface area contributed by atoms with Crippen LogP contribution in [0.1, 0.15) is 43.0 Å². The molecule has 4 nitrogen and oxygen atoms in total. The first kappa shape index (κ1) is 17.3. The fourth-order valence-electron chi connectivity index (χ4n) is 3.70. The Labute approximate surface area is 154 Å². The lowest BCUT2D eigenvalue weighted by molar-refractivity contribution is 0.391. The van der Waals surface area contributed by atoms with E-state index in [0.717, 1.165) is 28.6 Å². The highest BCUT2D eigenvalue weighted by Crippen LogP contribution is 2.31. The van der Waals surface area contributed by atoms with Gasteiger partial charge in [0, 0.05) is 36.1 Å². The minimum absolute atomic E-state index is 0.382. The lowest BCUT2D eigenvalue weighted by Crippen LogP contribution is -2.35. The number of fused-ring (bicyclic) bond motifs is 3. The lowest BCUT2D eigenvalue weighted by atomic mass is 9.99. The third-order valence-corrected chi connectivity index (χ3v) is 7.41. The SMILES string of the molecule is CCC(C)c1ccc(S(=O)(=O)N2CCc3[nH]c4ccccc4c3C2)cc1. The highest BCUT2D eigenvalue weighted by molar-refractivity contribution is 7.89. The zero-order valence-corrected chi connectivity index (χ0v) is 16.0. The first-order valence-corrected chi connectivity index (χ1v) is 10.6. The predicted molar refractivity (Wildman–Crippen MR) is 105 cm³/mol. The molecular formula is C21H24N2O2S. The number of hydrogen-bond donors (Lipinski definition) is 1. The van der Waals surface area contributed by atoms with Crippen LogP contribution in [0.3, 0.4) is 0 Å². The molecule has 1 aliphatic heterocycles. The van der Waals surface area contributed by atoms with Crippen LogP contribution in [0.25, 0.3) is 10.9 Å². The highest BCUT2D eigenvalue weighted by Gasteiger charge is 2.30. The van der Waals surface area contributed by atoms with E-state index in [0.29, 0.717) is 30.3 Å². The van der Waals surface area contributed by atoms with Crippen molar-refractivity contribution in [3.05, 3.63) is 65.4 Å². The number of nitrogens with zero attached hydrogens (tertiary/aromatic N) is 1. The quantitative estimate of drug-likeness (QED) is 0.741. The van der Waals surface area contributed by atoms with E-state index in [1.165, 1.54) is 5.56 Å². The number of hydrogen-bond acceptors (Lipinski definition) is 2. The molecule has 1 aromatic heterocycles. The van der Waals surface area contributed by atoms with Gasteiger partial charge in [0.05, 0.1) is 4.90 Å². The van der Waals surface area contributed by atoms with Gasteiger partial charge in [0.1, 0.15) is 0 Å². The van der Waals surface area contributed by atoms with E-state index in [-0.39, 0.29) is 0 Å². The maximum Gasteiger partial charge on any atom is 0.243 e. The van der Waals surface area contributed by atoms with Gasteiger partial charge in [-0.15, -0.1) is 0 Å². The summed E-state index contributed by atoms with van der Waals surface area (Å²) >= 11 is 0. The third-order valence-electron chi connectivity index (χ3n) is 5.55. The van der Waals surface area contributed by atoms with Gasteiger partial charge in [-0.25, -0.2) is 8.42 Å². The summed E-state index contributed by atoms with van der Waals surface area (Å²) in [6, 6.07) is 15.5. The fraction of sp³-hybridized carbons (Fsp3) is 0.333. The van der Waals surface area contributed by atoms with Gasteiger partial charge in [-0.05, 0) is 41.7 Å². The van der Waals surface area contributed by atoms with Crippen molar-refractivity contribution < 1.29 is 8.42 Å². The molecule has 1 atom stereocenters. The molecule has 1 aliphatic rings. The summed E-state index contributed by atoms with van der Waals surface area (Å²) in [6.07, 6.45) is 1.76. The van der Waals surface area contributed by atoms with Crippen molar-refractivity contribution in [2.45, 2.75) is 44.0 Å². The lowest BCUT2D eigenvalue weighted by Gasteiger charge is -2.26. The first-order valence-electron chi connectivity index (χ1n) is 9.19. The van der Waals surface area contributed by atoms with Crippen molar-refractivity contribution >= 4 is 20.9 Å². The molecule has 0 saturated carbocycles. The molecule has 0 radical (unpaired) electrons. The van der Waals surface area contributed by atoms with Crippen molar-refractivity contribution in [3.63, 3.8) is 0 Å². The van der Waals surface area contributed by atoms with Gasteiger partial charge in [-0.2, -0.15) is 4.31 Å². The summed E-state index contributed by atoms with van der Waals surface area (Å²) in [4.78, 5) is 3.81. The van der Waals surface area contributed by atoms with Crippen molar-refractivity contribution in [3.8, 4) is 0 Å². The van der Waals surface area contributed by atoms with Gasteiger partial charge in [-0.1, -0.05) is 44.2 Å². The Morgan fingerprint density at radius 2 is 1.85 bits per heavy atom. The molecule has 1 N–H and O–H groups in total. The molecule has 0 aliphatic carbocycles. The summed E-state index contributed by atoms with van der Waals surface area (Å²) in [7, 11) is -3.48. The van der Waals surface area contributed by atoms with Gasteiger partial charge in [0.25, 0.3) is 0 Å². The Morgan fingerprint density at radius 3 is 2.58 bits per heavy atom. The normalized spacial score (nSPS) is 16.5. The van der Waals surface area contributed by atoms with Crippen LogP contribution in [0.2, 0.25) is 0 Å². The summed E-state index contributed by atoms with van der Waals surface area (Å²) in [5.74, 6) is 0.440. The molecule has 5 heteroatoms. The maximum atomic E-state index is 13.1. The van der Waals surface area contributed by atoms with E-state index in [9.17, 15) is 8.42 Å². The number of benzene rings is 2. The van der Waals surface area contributed by atoms with Crippen LogP contribution in [0.15, 0.2) is 53.4 Å². The highest BCUT2D eigenvalue weighted by atomic mass is 32.2. The Hall–Kier alpha value is -2.11. The van der Waals surface area contributed by atoms with Crippen LogP contribution in [-0.2, 0) is 23.0 Å². The molecule has 3 aromatic rings. The molecule has 26 heavy (non-hydrogen) atoms. The van der Waals surface area contributed by atoms with Crippen LogP contribution in [0.4, 0.5) is 0 Å². The average molecular weight is 369 g/mol. The molecule has 2 heterocycles. The fourth-order valence-corrected chi connectivity index (χ4v) is 5.11. The molecule has 136 valence electrons. The third kappa shape index (κ3) is 2.85. The summed E-state index contributed by atoms with van der Waals surface area (Å²) in [6.45, 7) is 5.23. The van der Waals surface area contributed by atoms with Crippen molar-refractivity contribution in [1.29, 1.82) is 0 Å². The summed E-state index contributed by atoms with van der Waals surface area (Å²) in [5.41, 5.74) is 4.52. The Morgan fingerprint density at radius 1 is 1.12 bits per heavy atom. The minimum Gasteiger partial charge on any atom is -0.358 e. The second-order valence-corrected chi connectivity index (χ2v) is 9.03. The molecule has 0 saturated heterocycles. The van der Waals surface area contributed by atoms with E-state index in [1.54, 1.807) is 16.4 Å². The number of nitrogens with one attached hydrogen (secondary N) is 1. The Kier molecular flexibility index (Phi) is 4.37. The number of aromatic amines is 1. The van der Waals surface area contributed by atoms with E-state index in [1.807, 2.05) is 30.3 Å². The second kappa shape index (κ2) is 6.56. The molecule has 1 unspecified atom stereocenters. The summed E-state index contributed by atoms with van der Waals surface area (Å²) < 4.78 is 27.8. The second-order valence-electron chi connectivity index (χ2n) is 7.09. The van der Waals surface area contributed by atoms with Gasteiger partial charge >= 0.3 is 0 Å². The van der Waals surface area contributed by atoms with Crippen LogP contribution in [0, 0.1) is 0 Å². The largest absolute Gasteiger partial charge is 0.358 e. The van der Waals surface area contributed by atoms with Crippen molar-refractivity contribution in [1.82, 2.24) is 9.29 Å². The minimum atomic E-state index is -3.48. The van der Waals surface area contributed by atoms with Crippen LogP contribution in [0.5, 0.6) is 0 Å². The van der Waals surface area contributed by atoms with E-state index in [4.69, 9.17) is 0 Å². The first-order chi connectivity index (χ1) is 12.5. The van der Waals surface area contributed by atoms with Gasteiger partial charge in [0.15, 0.2) is 0 Å². The van der Waals surface area contributed by atoms with Gasteiger partial charge in [0.2, 0.25) is 10.0 Å². The average Bonchev–Trinajstić information content (AvgIpc) is 3.05. The molecule has 0 amide bonds.